The van der Waals surface area contributed by atoms with Crippen LogP contribution < -0.4 is 5.32 Å². The summed E-state index contributed by atoms with van der Waals surface area (Å²) in [7, 11) is 0. The molecule has 0 amide bonds. The first kappa shape index (κ1) is 12.6. The Kier molecular flexibility index (Phi) is 3.98. The maximum Gasteiger partial charge on any atom is 0.0606 e. The Bertz CT molecular complexity index is 532. The van der Waals surface area contributed by atoms with E-state index in [-0.39, 0.29) is 0 Å². The molecule has 2 nitrogen and oxygen atoms in total. The Morgan fingerprint density at radius 2 is 1.72 bits per heavy atom. The Balaban J connectivity index is 2.11. The summed E-state index contributed by atoms with van der Waals surface area (Å²) >= 11 is 0. The summed E-state index contributed by atoms with van der Waals surface area (Å²) in [5, 5.41) is 3.47. The number of hydrogen-bond acceptors (Lipinski definition) is 2. The molecule has 0 spiro atoms. The minimum absolute atomic E-state index is 0.857. The number of aromatic nitrogens is 1. The molecule has 1 N–H and O–H groups in total. The predicted molar refractivity (Wildman–Crippen MR) is 76.9 cm³/mol. The molecule has 0 saturated heterocycles. The molecule has 2 aromatic rings. The van der Waals surface area contributed by atoms with Crippen molar-refractivity contribution in [2.75, 3.05) is 5.32 Å². The van der Waals surface area contributed by atoms with Crippen molar-refractivity contribution in [2.45, 2.75) is 33.7 Å². The molecule has 0 bridgehead atoms. The van der Waals surface area contributed by atoms with Crippen LogP contribution in [0.5, 0.6) is 0 Å². The lowest BCUT2D eigenvalue weighted by atomic mass is 10.1. The fourth-order valence-corrected chi connectivity index (χ4v) is 2.14. The van der Waals surface area contributed by atoms with Crippen molar-refractivity contribution in [3.05, 3.63) is 58.9 Å². The molecule has 1 aromatic carbocycles. The van der Waals surface area contributed by atoms with Crippen LogP contribution in [-0.4, -0.2) is 4.98 Å². The minimum Gasteiger partial charge on any atom is -0.379 e. The second-order valence-electron chi connectivity index (χ2n) is 4.56. The molecule has 1 heterocycles. The van der Waals surface area contributed by atoms with E-state index in [0.29, 0.717) is 0 Å². The molecule has 0 aliphatic carbocycles. The highest BCUT2D eigenvalue weighted by Gasteiger charge is 2.02. The van der Waals surface area contributed by atoms with Crippen LogP contribution in [0.15, 0.2) is 36.4 Å². The second-order valence-corrected chi connectivity index (χ2v) is 4.56. The van der Waals surface area contributed by atoms with E-state index in [0.717, 1.165) is 30.0 Å². The molecule has 0 radical (unpaired) electrons. The largest absolute Gasteiger partial charge is 0.379 e. The maximum absolute atomic E-state index is 4.47. The normalized spacial score (nSPS) is 10.4. The van der Waals surface area contributed by atoms with Crippen LogP contribution >= 0.6 is 0 Å². The second kappa shape index (κ2) is 5.67. The lowest BCUT2D eigenvalue weighted by Gasteiger charge is -2.12. The van der Waals surface area contributed by atoms with Crippen molar-refractivity contribution >= 4 is 5.69 Å². The van der Waals surface area contributed by atoms with Gasteiger partial charge in [-0.25, -0.2) is 0 Å². The average Bonchev–Trinajstić information content (AvgIpc) is 2.38. The Morgan fingerprint density at radius 3 is 2.39 bits per heavy atom. The molecule has 0 fully saturated rings. The van der Waals surface area contributed by atoms with Gasteiger partial charge < -0.3 is 5.32 Å². The molecule has 0 saturated carbocycles. The standard InChI is InChI=1S/C16H20N2/c1-4-14-7-5-6-8-15(14)11-17-16-10-9-12(2)18-13(16)3/h5-10,17H,4,11H2,1-3H3. The number of nitrogens with one attached hydrogen (secondary N) is 1. The molecule has 1 aromatic heterocycles. The molecule has 2 heteroatoms. The number of nitrogens with zero attached hydrogens (tertiary/aromatic N) is 1. The SMILES string of the molecule is CCc1ccccc1CNc1ccc(C)nc1C. The van der Waals surface area contributed by atoms with Gasteiger partial charge in [0.05, 0.1) is 11.4 Å². The number of anilines is 1. The van der Waals surface area contributed by atoms with Gasteiger partial charge in [0.25, 0.3) is 0 Å². The molecular weight excluding hydrogens is 220 g/mol. The lowest BCUT2D eigenvalue weighted by Crippen LogP contribution is -2.04. The van der Waals surface area contributed by atoms with Gasteiger partial charge in [0, 0.05) is 12.2 Å². The van der Waals surface area contributed by atoms with E-state index in [1.165, 1.54) is 11.1 Å². The number of pyridine rings is 1. The van der Waals surface area contributed by atoms with E-state index in [9.17, 15) is 0 Å². The molecule has 94 valence electrons. The summed E-state index contributed by atoms with van der Waals surface area (Å²) in [5.74, 6) is 0. The van der Waals surface area contributed by atoms with E-state index in [1.807, 2.05) is 19.9 Å². The topological polar surface area (TPSA) is 24.9 Å². The number of aryl methyl sites for hydroxylation is 3. The highest BCUT2D eigenvalue weighted by atomic mass is 14.9. The zero-order valence-corrected chi connectivity index (χ0v) is 11.3. The van der Waals surface area contributed by atoms with Gasteiger partial charge in [0.1, 0.15) is 0 Å². The molecule has 0 aliphatic rings. The first-order chi connectivity index (χ1) is 8.70. The quantitative estimate of drug-likeness (QED) is 0.877. The average molecular weight is 240 g/mol. The van der Waals surface area contributed by atoms with Gasteiger partial charge in [0.15, 0.2) is 0 Å². The molecular formula is C16H20N2. The lowest BCUT2D eigenvalue weighted by molar-refractivity contribution is 1.03. The van der Waals surface area contributed by atoms with Gasteiger partial charge in [-0.05, 0) is 43.5 Å². The van der Waals surface area contributed by atoms with Gasteiger partial charge in [0.2, 0.25) is 0 Å². The molecule has 0 atom stereocenters. The van der Waals surface area contributed by atoms with Crippen LogP contribution in [0, 0.1) is 13.8 Å². The maximum atomic E-state index is 4.47. The monoisotopic (exact) mass is 240 g/mol. The van der Waals surface area contributed by atoms with Crippen molar-refractivity contribution in [3.8, 4) is 0 Å². The van der Waals surface area contributed by atoms with E-state index in [1.54, 1.807) is 0 Å². The predicted octanol–water partition coefficient (Wildman–Crippen LogP) is 3.87. The Labute approximate surface area is 109 Å². The van der Waals surface area contributed by atoms with Crippen LogP contribution in [0.1, 0.15) is 29.4 Å². The summed E-state index contributed by atoms with van der Waals surface area (Å²) in [6, 6.07) is 12.7. The highest BCUT2D eigenvalue weighted by molar-refractivity contribution is 5.48. The third kappa shape index (κ3) is 2.89. The van der Waals surface area contributed by atoms with Gasteiger partial charge in [-0.1, -0.05) is 31.2 Å². The van der Waals surface area contributed by atoms with Gasteiger partial charge >= 0.3 is 0 Å². The summed E-state index contributed by atoms with van der Waals surface area (Å²) in [6.07, 6.45) is 1.07. The summed E-state index contributed by atoms with van der Waals surface area (Å²) in [6.45, 7) is 7.11. The van der Waals surface area contributed by atoms with Crippen LogP contribution in [0.2, 0.25) is 0 Å². The van der Waals surface area contributed by atoms with Crippen LogP contribution in [0.25, 0.3) is 0 Å². The van der Waals surface area contributed by atoms with Gasteiger partial charge in [-0.3, -0.25) is 4.98 Å². The number of hydrogen-bond donors (Lipinski definition) is 1. The van der Waals surface area contributed by atoms with Crippen molar-refractivity contribution in [2.24, 2.45) is 0 Å². The Morgan fingerprint density at radius 1 is 1.00 bits per heavy atom. The summed E-state index contributed by atoms with van der Waals surface area (Å²) in [4.78, 5) is 4.47. The van der Waals surface area contributed by atoms with E-state index >= 15 is 0 Å². The third-order valence-corrected chi connectivity index (χ3v) is 3.19. The van der Waals surface area contributed by atoms with Gasteiger partial charge in [-0.2, -0.15) is 0 Å². The summed E-state index contributed by atoms with van der Waals surface area (Å²) in [5.41, 5.74) is 6.00. The third-order valence-electron chi connectivity index (χ3n) is 3.19. The highest BCUT2D eigenvalue weighted by Crippen LogP contribution is 2.16. The van der Waals surface area contributed by atoms with Crippen molar-refractivity contribution in [3.63, 3.8) is 0 Å². The number of benzene rings is 1. The van der Waals surface area contributed by atoms with Crippen molar-refractivity contribution < 1.29 is 0 Å². The van der Waals surface area contributed by atoms with Crippen LogP contribution in [0.4, 0.5) is 5.69 Å². The zero-order chi connectivity index (χ0) is 13.0. The first-order valence-corrected chi connectivity index (χ1v) is 6.45. The Hall–Kier alpha value is -1.83. The fourth-order valence-electron chi connectivity index (χ4n) is 2.14. The van der Waals surface area contributed by atoms with Gasteiger partial charge in [-0.15, -0.1) is 0 Å². The molecule has 18 heavy (non-hydrogen) atoms. The smallest absolute Gasteiger partial charge is 0.0606 e. The fraction of sp³-hybridized carbons (Fsp3) is 0.312. The van der Waals surface area contributed by atoms with E-state index in [4.69, 9.17) is 0 Å². The first-order valence-electron chi connectivity index (χ1n) is 6.45. The van der Waals surface area contributed by atoms with E-state index < -0.39 is 0 Å². The van der Waals surface area contributed by atoms with Crippen LogP contribution in [0.3, 0.4) is 0 Å². The van der Waals surface area contributed by atoms with Crippen molar-refractivity contribution in [1.82, 2.24) is 4.98 Å². The number of rotatable bonds is 4. The van der Waals surface area contributed by atoms with Crippen molar-refractivity contribution in [1.29, 1.82) is 0 Å². The van der Waals surface area contributed by atoms with E-state index in [2.05, 4.69) is 47.6 Å². The molecule has 0 unspecified atom stereocenters. The molecule has 0 aliphatic heterocycles. The summed E-state index contributed by atoms with van der Waals surface area (Å²) < 4.78 is 0. The molecule has 2 rings (SSSR count). The minimum atomic E-state index is 0.857. The van der Waals surface area contributed by atoms with Crippen LogP contribution in [-0.2, 0) is 13.0 Å². The zero-order valence-electron chi connectivity index (χ0n) is 11.3.